The summed E-state index contributed by atoms with van der Waals surface area (Å²) in [6.45, 7) is 5.43. The molecule has 0 atom stereocenters. The van der Waals surface area contributed by atoms with Crippen LogP contribution in [0.2, 0.25) is 0 Å². The Kier molecular flexibility index (Phi) is 4.72. The first-order valence-corrected chi connectivity index (χ1v) is 5.79. The van der Waals surface area contributed by atoms with Crippen molar-refractivity contribution in [2.75, 3.05) is 12.4 Å². The number of ether oxygens (including phenoxy) is 1. The summed E-state index contributed by atoms with van der Waals surface area (Å²) in [6, 6.07) is 1.63. The zero-order chi connectivity index (χ0) is 14.5. The average Bonchev–Trinajstić information content (AvgIpc) is 2.33. The number of hydrogen-bond donors (Lipinski definition) is 1. The molecule has 1 aromatic heterocycles. The third kappa shape index (κ3) is 4.15. The van der Waals surface area contributed by atoms with Crippen LogP contribution in [0.15, 0.2) is 17.4 Å². The summed E-state index contributed by atoms with van der Waals surface area (Å²) in [7, 11) is 1.66. The van der Waals surface area contributed by atoms with Gasteiger partial charge in [-0.25, -0.2) is 9.78 Å². The van der Waals surface area contributed by atoms with Crippen LogP contribution in [0.5, 0.6) is 0 Å². The van der Waals surface area contributed by atoms with Crippen LogP contribution in [0.4, 0.5) is 5.82 Å². The quantitative estimate of drug-likeness (QED) is 0.390. The highest BCUT2D eigenvalue weighted by atomic mass is 16.6. The molecule has 0 aliphatic rings. The van der Waals surface area contributed by atoms with Crippen LogP contribution < -0.4 is 5.32 Å². The predicted molar refractivity (Wildman–Crippen MR) is 71.8 cm³/mol. The van der Waals surface area contributed by atoms with Crippen molar-refractivity contribution >= 4 is 11.8 Å². The number of nitrogens with one attached hydrogen (secondary N) is 1. The lowest BCUT2D eigenvalue weighted by Gasteiger charge is -2.21. The van der Waals surface area contributed by atoms with Gasteiger partial charge in [0.15, 0.2) is 0 Å². The van der Waals surface area contributed by atoms with E-state index in [-0.39, 0.29) is 6.54 Å². The molecular weight excluding hydrogens is 246 g/mol. The lowest BCUT2D eigenvalue weighted by molar-refractivity contribution is 0.00692. The number of hydrogen-bond acceptors (Lipinski definition) is 5. The maximum absolute atomic E-state index is 12.2. The van der Waals surface area contributed by atoms with Crippen molar-refractivity contribution in [2.45, 2.75) is 32.9 Å². The third-order valence-electron chi connectivity index (χ3n) is 2.18. The fourth-order valence-electron chi connectivity index (χ4n) is 1.49. The number of anilines is 1. The molecule has 0 aliphatic heterocycles. The highest BCUT2D eigenvalue weighted by Gasteiger charge is 2.23. The van der Waals surface area contributed by atoms with Crippen molar-refractivity contribution in [3.8, 4) is 0 Å². The van der Waals surface area contributed by atoms with Crippen LogP contribution >= 0.6 is 0 Å². The molecule has 0 spiro atoms. The van der Waals surface area contributed by atoms with E-state index in [4.69, 9.17) is 10.3 Å². The fourth-order valence-corrected chi connectivity index (χ4v) is 1.49. The number of carbonyl (C=O) groups is 1. The molecule has 0 fully saturated rings. The molecule has 0 aromatic carbocycles. The normalized spacial score (nSPS) is 10.5. The van der Waals surface area contributed by atoms with Gasteiger partial charge in [-0.2, -0.15) is 0 Å². The van der Waals surface area contributed by atoms with Gasteiger partial charge in [0.25, 0.3) is 0 Å². The van der Waals surface area contributed by atoms with Gasteiger partial charge in [0.05, 0.1) is 6.54 Å². The van der Waals surface area contributed by atoms with Crippen LogP contribution in [0, 0.1) is 0 Å². The Morgan fingerprint density at radius 2 is 2.26 bits per heavy atom. The van der Waals surface area contributed by atoms with E-state index in [0.717, 1.165) is 0 Å². The van der Waals surface area contributed by atoms with E-state index in [1.54, 1.807) is 40.1 Å². The second-order valence-corrected chi connectivity index (χ2v) is 4.83. The van der Waals surface area contributed by atoms with E-state index < -0.39 is 11.6 Å². The number of pyridine rings is 1. The van der Waals surface area contributed by atoms with Crippen molar-refractivity contribution in [3.05, 3.63) is 33.8 Å². The van der Waals surface area contributed by atoms with Gasteiger partial charge in [-0.1, -0.05) is 5.11 Å². The van der Waals surface area contributed by atoms with Gasteiger partial charge in [-0.05, 0) is 37.9 Å². The first-order chi connectivity index (χ1) is 8.89. The van der Waals surface area contributed by atoms with Gasteiger partial charge in [-0.3, -0.25) is 0 Å². The predicted octanol–water partition coefficient (Wildman–Crippen LogP) is 2.89. The van der Waals surface area contributed by atoms with Gasteiger partial charge in [-0.15, -0.1) is 0 Å². The van der Waals surface area contributed by atoms with Gasteiger partial charge in [0.1, 0.15) is 17.0 Å². The lowest BCUT2D eigenvalue weighted by atomic mass is 10.1. The van der Waals surface area contributed by atoms with Crippen molar-refractivity contribution < 1.29 is 9.53 Å². The summed E-state index contributed by atoms with van der Waals surface area (Å²) < 4.78 is 5.33. The molecule has 0 saturated heterocycles. The summed E-state index contributed by atoms with van der Waals surface area (Å²) in [5.41, 5.74) is 8.65. The van der Waals surface area contributed by atoms with Gasteiger partial charge < -0.3 is 10.1 Å². The summed E-state index contributed by atoms with van der Waals surface area (Å²) in [6.07, 6.45) is 1.54. The summed E-state index contributed by atoms with van der Waals surface area (Å²) in [5.74, 6) is -0.0898. The van der Waals surface area contributed by atoms with Crippen LogP contribution in [0.3, 0.4) is 0 Å². The zero-order valence-electron chi connectivity index (χ0n) is 11.5. The molecule has 0 saturated carbocycles. The standard InChI is InChI=1S/C12H17N5O2/c1-12(2,3)19-11(18)9-8(7-16-17-13)5-6-15-10(9)14-4/h5-6H,7H2,1-4H3,(H,14,15). The molecule has 1 rings (SSSR count). The molecular formula is C12H17N5O2. The molecule has 7 heteroatoms. The minimum atomic E-state index is -0.603. The van der Waals surface area contributed by atoms with Crippen molar-refractivity contribution in [2.24, 2.45) is 5.11 Å². The van der Waals surface area contributed by atoms with Crippen LogP contribution in [0.1, 0.15) is 36.7 Å². The Hall–Kier alpha value is -2.27. The number of rotatable bonds is 4. The largest absolute Gasteiger partial charge is 0.456 e. The number of azide groups is 1. The maximum atomic E-state index is 12.2. The Bertz CT molecular complexity index is 515. The first-order valence-electron chi connectivity index (χ1n) is 5.79. The van der Waals surface area contributed by atoms with E-state index in [9.17, 15) is 4.79 Å². The molecule has 0 amide bonds. The number of nitrogens with zero attached hydrogens (tertiary/aromatic N) is 4. The molecule has 0 aliphatic carbocycles. The Morgan fingerprint density at radius 1 is 1.58 bits per heavy atom. The van der Waals surface area contributed by atoms with E-state index in [0.29, 0.717) is 16.9 Å². The molecule has 19 heavy (non-hydrogen) atoms. The first kappa shape index (κ1) is 14.8. The monoisotopic (exact) mass is 263 g/mol. The number of carbonyl (C=O) groups excluding carboxylic acids is 1. The smallest absolute Gasteiger partial charge is 0.342 e. The highest BCUT2D eigenvalue weighted by molar-refractivity contribution is 5.96. The lowest BCUT2D eigenvalue weighted by Crippen LogP contribution is -2.25. The second kappa shape index (κ2) is 6.06. The van der Waals surface area contributed by atoms with E-state index >= 15 is 0 Å². The number of aromatic nitrogens is 1. The van der Waals surface area contributed by atoms with Gasteiger partial charge >= 0.3 is 5.97 Å². The van der Waals surface area contributed by atoms with Gasteiger partial charge in [0, 0.05) is 18.2 Å². The second-order valence-electron chi connectivity index (χ2n) is 4.83. The van der Waals surface area contributed by atoms with Crippen molar-refractivity contribution in [1.29, 1.82) is 0 Å². The highest BCUT2D eigenvalue weighted by Crippen LogP contribution is 2.22. The Balaban J connectivity index is 3.21. The molecule has 7 nitrogen and oxygen atoms in total. The van der Waals surface area contributed by atoms with Crippen LogP contribution in [-0.2, 0) is 11.3 Å². The SMILES string of the molecule is CNc1nccc(CN=[N+]=[N-])c1C(=O)OC(C)(C)C. The van der Waals surface area contributed by atoms with E-state index in [2.05, 4.69) is 20.3 Å². The summed E-state index contributed by atoms with van der Waals surface area (Å²) in [5, 5.41) is 6.31. The van der Waals surface area contributed by atoms with E-state index in [1.807, 2.05) is 0 Å². The molecule has 102 valence electrons. The minimum absolute atomic E-state index is 0.0717. The molecule has 1 heterocycles. The molecule has 1 aromatic rings. The summed E-state index contributed by atoms with van der Waals surface area (Å²) in [4.78, 5) is 19.0. The molecule has 0 bridgehead atoms. The van der Waals surface area contributed by atoms with Crippen molar-refractivity contribution in [1.82, 2.24) is 4.98 Å². The molecule has 0 radical (unpaired) electrons. The topological polar surface area (TPSA) is 100.0 Å². The van der Waals surface area contributed by atoms with Crippen LogP contribution in [-0.4, -0.2) is 23.6 Å². The maximum Gasteiger partial charge on any atom is 0.342 e. The molecule has 1 N–H and O–H groups in total. The Morgan fingerprint density at radius 3 is 2.79 bits per heavy atom. The fraction of sp³-hybridized carbons (Fsp3) is 0.500. The van der Waals surface area contributed by atoms with Crippen LogP contribution in [0.25, 0.3) is 10.4 Å². The third-order valence-corrected chi connectivity index (χ3v) is 2.18. The van der Waals surface area contributed by atoms with E-state index in [1.165, 1.54) is 0 Å². The minimum Gasteiger partial charge on any atom is -0.456 e. The zero-order valence-corrected chi connectivity index (χ0v) is 11.5. The van der Waals surface area contributed by atoms with Crippen molar-refractivity contribution in [3.63, 3.8) is 0 Å². The molecule has 0 unspecified atom stereocenters. The average molecular weight is 263 g/mol. The Labute approximate surface area is 111 Å². The van der Waals surface area contributed by atoms with Gasteiger partial charge in [0.2, 0.25) is 0 Å². The summed E-state index contributed by atoms with van der Waals surface area (Å²) >= 11 is 0. The number of esters is 1.